The molecule has 1 aromatic carbocycles. The highest BCUT2D eigenvalue weighted by Crippen LogP contribution is 2.20. The van der Waals surface area contributed by atoms with Crippen LogP contribution in [0.5, 0.6) is 5.75 Å². The Morgan fingerprint density at radius 2 is 1.81 bits per heavy atom. The molecule has 174 valence electrons. The second-order valence-electron chi connectivity index (χ2n) is 9.19. The molecular formula is C25H36N4O3. The summed E-state index contributed by atoms with van der Waals surface area (Å²) in [6.45, 7) is 13.1. The van der Waals surface area contributed by atoms with Crippen molar-refractivity contribution in [1.29, 1.82) is 0 Å². The first-order valence-electron chi connectivity index (χ1n) is 11.1. The number of aromatic nitrogens is 1. The Balaban J connectivity index is 1.99. The number of carbonyl (C=O) groups is 2. The van der Waals surface area contributed by atoms with E-state index in [4.69, 9.17) is 4.74 Å². The van der Waals surface area contributed by atoms with E-state index in [1.54, 1.807) is 23.4 Å². The summed E-state index contributed by atoms with van der Waals surface area (Å²) in [6.07, 6.45) is 3.72. The van der Waals surface area contributed by atoms with E-state index in [1.165, 1.54) is 0 Å². The lowest BCUT2D eigenvalue weighted by molar-refractivity contribution is -0.122. The van der Waals surface area contributed by atoms with Crippen molar-refractivity contribution in [2.75, 3.05) is 25.0 Å². The second kappa shape index (κ2) is 11.5. The van der Waals surface area contributed by atoms with E-state index in [1.807, 2.05) is 65.8 Å². The minimum atomic E-state index is -0.293. The number of amides is 2. The molecule has 0 spiro atoms. The van der Waals surface area contributed by atoms with Crippen LogP contribution < -0.4 is 15.4 Å². The molecule has 0 atom stereocenters. The maximum Gasteiger partial charge on any atom is 0.254 e. The molecule has 1 aromatic heterocycles. The number of hydrogen-bond acceptors (Lipinski definition) is 5. The molecule has 0 saturated heterocycles. The zero-order chi connectivity index (χ0) is 23.7. The van der Waals surface area contributed by atoms with E-state index in [2.05, 4.69) is 15.6 Å². The number of ether oxygens (including phenoxy) is 1. The summed E-state index contributed by atoms with van der Waals surface area (Å²) in [5, 5.41) is 6.21. The molecule has 0 aliphatic carbocycles. The number of carbonyl (C=O) groups excluding carboxylic acids is 2. The number of pyridine rings is 1. The third-order valence-electron chi connectivity index (χ3n) is 4.66. The van der Waals surface area contributed by atoms with Crippen LogP contribution in [0.1, 0.15) is 57.0 Å². The molecule has 0 aliphatic heterocycles. The first kappa shape index (κ1) is 25.2. The fourth-order valence-corrected chi connectivity index (χ4v) is 3.25. The lowest BCUT2D eigenvalue weighted by Crippen LogP contribution is -2.44. The Labute approximate surface area is 191 Å². The molecule has 0 bridgehead atoms. The SMILES string of the molecule is Cc1cc(OCCNc2ccncc2)cc(C(=O)N(CCC(=O)NC(C)(C)C)C(C)C)c1. The first-order chi connectivity index (χ1) is 15.0. The second-order valence-corrected chi connectivity index (χ2v) is 9.19. The molecular weight excluding hydrogens is 404 g/mol. The van der Waals surface area contributed by atoms with Gasteiger partial charge in [-0.15, -0.1) is 0 Å². The zero-order valence-electron chi connectivity index (χ0n) is 20.1. The number of rotatable bonds is 10. The van der Waals surface area contributed by atoms with E-state index >= 15 is 0 Å². The molecule has 2 rings (SSSR count). The van der Waals surface area contributed by atoms with Gasteiger partial charge in [-0.1, -0.05) is 0 Å². The third kappa shape index (κ3) is 8.57. The smallest absolute Gasteiger partial charge is 0.254 e. The van der Waals surface area contributed by atoms with Gasteiger partial charge in [-0.2, -0.15) is 0 Å². The minimum absolute atomic E-state index is 0.0284. The fraction of sp³-hybridized carbons (Fsp3) is 0.480. The Morgan fingerprint density at radius 1 is 1.12 bits per heavy atom. The third-order valence-corrected chi connectivity index (χ3v) is 4.66. The summed E-state index contributed by atoms with van der Waals surface area (Å²) < 4.78 is 5.88. The normalized spacial score (nSPS) is 11.2. The van der Waals surface area contributed by atoms with Gasteiger partial charge >= 0.3 is 0 Å². The van der Waals surface area contributed by atoms with Crippen LogP contribution in [0.2, 0.25) is 0 Å². The van der Waals surface area contributed by atoms with E-state index in [9.17, 15) is 9.59 Å². The number of aryl methyl sites for hydroxylation is 1. The Bertz CT molecular complexity index is 892. The Hall–Kier alpha value is -3.09. The molecule has 2 amide bonds. The van der Waals surface area contributed by atoms with E-state index in [0.29, 0.717) is 31.0 Å². The van der Waals surface area contributed by atoms with Crippen molar-refractivity contribution in [1.82, 2.24) is 15.2 Å². The van der Waals surface area contributed by atoms with E-state index in [0.717, 1.165) is 11.3 Å². The van der Waals surface area contributed by atoms with Gasteiger partial charge in [-0.3, -0.25) is 14.6 Å². The maximum absolute atomic E-state index is 13.2. The van der Waals surface area contributed by atoms with Gasteiger partial charge in [0, 0.05) is 54.7 Å². The molecule has 1 heterocycles. The lowest BCUT2D eigenvalue weighted by Gasteiger charge is -2.28. The first-order valence-corrected chi connectivity index (χ1v) is 11.1. The van der Waals surface area contributed by atoms with Gasteiger partial charge in [0.05, 0.1) is 0 Å². The molecule has 2 aromatic rings. The fourth-order valence-electron chi connectivity index (χ4n) is 3.25. The number of nitrogens with zero attached hydrogens (tertiary/aromatic N) is 2. The molecule has 32 heavy (non-hydrogen) atoms. The average Bonchev–Trinajstić information content (AvgIpc) is 2.70. The monoisotopic (exact) mass is 440 g/mol. The van der Waals surface area contributed by atoms with Crippen molar-refractivity contribution < 1.29 is 14.3 Å². The highest BCUT2D eigenvalue weighted by molar-refractivity contribution is 5.95. The van der Waals surface area contributed by atoms with Crippen LogP contribution >= 0.6 is 0 Å². The minimum Gasteiger partial charge on any atom is -0.492 e. The van der Waals surface area contributed by atoms with Gasteiger partial charge in [0.15, 0.2) is 0 Å². The van der Waals surface area contributed by atoms with E-state index in [-0.39, 0.29) is 29.8 Å². The van der Waals surface area contributed by atoms with Crippen molar-refractivity contribution >= 4 is 17.5 Å². The number of benzene rings is 1. The summed E-state index contributed by atoms with van der Waals surface area (Å²) in [7, 11) is 0. The van der Waals surface area contributed by atoms with Crippen LogP contribution in [0.25, 0.3) is 0 Å². The molecule has 2 N–H and O–H groups in total. The topological polar surface area (TPSA) is 83.6 Å². The summed E-state index contributed by atoms with van der Waals surface area (Å²) in [4.78, 5) is 31.2. The van der Waals surface area contributed by atoms with Gasteiger partial charge in [0.25, 0.3) is 5.91 Å². The summed E-state index contributed by atoms with van der Waals surface area (Å²) >= 11 is 0. The molecule has 0 aliphatic rings. The number of nitrogens with one attached hydrogen (secondary N) is 2. The molecule has 7 nitrogen and oxygen atoms in total. The summed E-state index contributed by atoms with van der Waals surface area (Å²) in [5.41, 5.74) is 2.19. The zero-order valence-corrected chi connectivity index (χ0v) is 20.1. The van der Waals surface area contributed by atoms with E-state index < -0.39 is 0 Å². The standard InChI is InChI=1S/C25H36N4O3/c1-18(2)29(13-9-23(30)28-25(4,5)6)24(31)20-15-19(3)16-22(17-20)32-14-12-27-21-7-10-26-11-8-21/h7-8,10-11,15-18H,9,12-14H2,1-6H3,(H,26,27)(H,28,30). The molecule has 7 heteroatoms. The maximum atomic E-state index is 13.2. The van der Waals surface area contributed by atoms with Gasteiger partial charge in [-0.25, -0.2) is 0 Å². The van der Waals surface area contributed by atoms with Crippen molar-refractivity contribution in [3.05, 3.63) is 53.9 Å². The van der Waals surface area contributed by atoms with Gasteiger partial charge in [0.1, 0.15) is 12.4 Å². The Kier molecular flexibility index (Phi) is 9.05. The van der Waals surface area contributed by atoms with Gasteiger partial charge in [-0.05, 0) is 77.4 Å². The highest BCUT2D eigenvalue weighted by Gasteiger charge is 2.22. The van der Waals surface area contributed by atoms with Crippen LogP contribution in [0.3, 0.4) is 0 Å². The van der Waals surface area contributed by atoms with Crippen molar-refractivity contribution in [3.63, 3.8) is 0 Å². The molecule has 0 radical (unpaired) electrons. The largest absolute Gasteiger partial charge is 0.492 e. The van der Waals surface area contributed by atoms with Crippen molar-refractivity contribution in [2.24, 2.45) is 0 Å². The number of anilines is 1. The predicted octanol–water partition coefficient (Wildman–Crippen LogP) is 4.04. The van der Waals surface area contributed by atoms with Crippen LogP contribution in [0, 0.1) is 6.92 Å². The van der Waals surface area contributed by atoms with Gasteiger partial charge < -0.3 is 20.3 Å². The van der Waals surface area contributed by atoms with Crippen molar-refractivity contribution in [2.45, 2.75) is 59.5 Å². The van der Waals surface area contributed by atoms with Crippen LogP contribution in [0.15, 0.2) is 42.7 Å². The quantitative estimate of drug-likeness (QED) is 0.545. The predicted molar refractivity (Wildman–Crippen MR) is 128 cm³/mol. The summed E-state index contributed by atoms with van der Waals surface area (Å²) in [5.74, 6) is 0.483. The van der Waals surface area contributed by atoms with Crippen LogP contribution in [-0.4, -0.2) is 53.0 Å². The molecule has 0 saturated carbocycles. The lowest BCUT2D eigenvalue weighted by atomic mass is 10.1. The van der Waals surface area contributed by atoms with Crippen LogP contribution in [0.4, 0.5) is 5.69 Å². The summed E-state index contributed by atoms with van der Waals surface area (Å²) in [6, 6.07) is 9.30. The number of hydrogen-bond donors (Lipinski definition) is 2. The van der Waals surface area contributed by atoms with Crippen molar-refractivity contribution in [3.8, 4) is 5.75 Å². The highest BCUT2D eigenvalue weighted by atomic mass is 16.5. The molecule has 0 fully saturated rings. The Morgan fingerprint density at radius 3 is 2.44 bits per heavy atom. The average molecular weight is 441 g/mol. The molecule has 0 unspecified atom stereocenters. The van der Waals surface area contributed by atoms with Gasteiger partial charge in [0.2, 0.25) is 5.91 Å². The van der Waals surface area contributed by atoms with Crippen LogP contribution in [-0.2, 0) is 4.79 Å².